The van der Waals surface area contributed by atoms with Crippen LogP contribution in [0.2, 0.25) is 0 Å². The van der Waals surface area contributed by atoms with Crippen LogP contribution in [0.1, 0.15) is 26.3 Å². The van der Waals surface area contributed by atoms with Gasteiger partial charge in [-0.15, -0.1) is 0 Å². The van der Waals surface area contributed by atoms with Crippen molar-refractivity contribution in [2.75, 3.05) is 25.0 Å². The van der Waals surface area contributed by atoms with Gasteiger partial charge in [-0.05, 0) is 44.2 Å². The second kappa shape index (κ2) is 6.16. The van der Waals surface area contributed by atoms with E-state index in [4.69, 9.17) is 0 Å². The molecular weight excluding hydrogens is 231 g/mol. The van der Waals surface area contributed by atoms with E-state index in [1.165, 1.54) is 6.07 Å². The number of aliphatic hydroxyl groups is 1. The number of hydrogen-bond acceptors (Lipinski definition) is 3. The zero-order valence-corrected chi connectivity index (χ0v) is 11.6. The van der Waals surface area contributed by atoms with Gasteiger partial charge in [0.2, 0.25) is 0 Å². The predicted octanol–water partition coefficient (Wildman–Crippen LogP) is 2.14. The van der Waals surface area contributed by atoms with E-state index in [0.717, 1.165) is 17.8 Å². The van der Waals surface area contributed by atoms with Gasteiger partial charge in [-0.1, -0.05) is 6.92 Å². The molecule has 0 amide bonds. The van der Waals surface area contributed by atoms with Crippen LogP contribution in [0.3, 0.4) is 0 Å². The molecule has 2 N–H and O–H groups in total. The highest BCUT2D eigenvalue weighted by atomic mass is 19.1. The molecule has 102 valence electrons. The van der Waals surface area contributed by atoms with E-state index in [1.807, 2.05) is 18.9 Å². The fraction of sp³-hybridized carbons (Fsp3) is 0.571. The summed E-state index contributed by atoms with van der Waals surface area (Å²) in [5.74, 6) is -0.233. The summed E-state index contributed by atoms with van der Waals surface area (Å²) in [6.45, 7) is 7.50. The summed E-state index contributed by atoms with van der Waals surface area (Å²) < 4.78 is 13.3. The maximum Gasteiger partial charge on any atom is 0.123 e. The number of nitrogens with zero attached hydrogens (tertiary/aromatic N) is 1. The van der Waals surface area contributed by atoms with E-state index in [-0.39, 0.29) is 5.82 Å². The topological polar surface area (TPSA) is 35.5 Å². The van der Waals surface area contributed by atoms with Crippen LogP contribution in [0.15, 0.2) is 18.2 Å². The van der Waals surface area contributed by atoms with Crippen molar-refractivity contribution in [2.45, 2.75) is 32.9 Å². The normalized spacial score (nSPS) is 11.7. The monoisotopic (exact) mass is 254 g/mol. The Morgan fingerprint density at radius 3 is 2.61 bits per heavy atom. The highest BCUT2D eigenvalue weighted by Gasteiger charge is 2.17. The highest BCUT2D eigenvalue weighted by Crippen LogP contribution is 2.22. The lowest BCUT2D eigenvalue weighted by atomic mass is 10.1. The molecular formula is C14H23FN2O. The van der Waals surface area contributed by atoms with Crippen LogP contribution < -0.4 is 10.2 Å². The molecule has 0 aliphatic heterocycles. The molecule has 0 bridgehead atoms. The van der Waals surface area contributed by atoms with Crippen molar-refractivity contribution in [1.29, 1.82) is 0 Å². The number of benzene rings is 1. The Labute approximate surface area is 109 Å². The fourth-order valence-electron chi connectivity index (χ4n) is 1.99. The minimum atomic E-state index is -0.779. The van der Waals surface area contributed by atoms with Crippen LogP contribution in [0.25, 0.3) is 0 Å². The third-order valence-corrected chi connectivity index (χ3v) is 2.64. The molecule has 3 nitrogen and oxygen atoms in total. The highest BCUT2D eigenvalue weighted by molar-refractivity contribution is 5.53. The van der Waals surface area contributed by atoms with Gasteiger partial charge in [0.15, 0.2) is 0 Å². The maximum absolute atomic E-state index is 13.3. The molecule has 1 aromatic carbocycles. The molecule has 0 aromatic heterocycles. The standard InChI is InChI=1S/C14H23FN2O/c1-5-16-9-11-8-12(15)6-7-13(11)17(4)10-14(2,3)18/h6-8,16,18H,5,9-10H2,1-4H3. The molecule has 18 heavy (non-hydrogen) atoms. The van der Waals surface area contributed by atoms with Gasteiger partial charge in [0.05, 0.1) is 5.60 Å². The Morgan fingerprint density at radius 2 is 2.06 bits per heavy atom. The van der Waals surface area contributed by atoms with Gasteiger partial charge in [0.25, 0.3) is 0 Å². The molecule has 1 aromatic rings. The summed E-state index contributed by atoms with van der Waals surface area (Å²) in [5.41, 5.74) is 1.07. The van der Waals surface area contributed by atoms with Crippen molar-refractivity contribution in [1.82, 2.24) is 5.32 Å². The molecule has 1 rings (SSSR count). The number of rotatable bonds is 6. The Bertz CT molecular complexity index is 388. The molecule has 0 saturated carbocycles. The maximum atomic E-state index is 13.3. The fourth-order valence-corrected chi connectivity index (χ4v) is 1.99. The number of anilines is 1. The number of nitrogens with one attached hydrogen (secondary N) is 1. The number of halogens is 1. The second-order valence-electron chi connectivity index (χ2n) is 5.22. The van der Waals surface area contributed by atoms with Crippen molar-refractivity contribution in [3.8, 4) is 0 Å². The van der Waals surface area contributed by atoms with Crippen molar-refractivity contribution in [3.05, 3.63) is 29.6 Å². The average Bonchev–Trinajstić information content (AvgIpc) is 2.23. The van der Waals surface area contributed by atoms with Crippen LogP contribution in [0, 0.1) is 5.82 Å². The molecule has 0 spiro atoms. The second-order valence-corrected chi connectivity index (χ2v) is 5.22. The zero-order chi connectivity index (χ0) is 13.8. The molecule has 4 heteroatoms. The van der Waals surface area contributed by atoms with Gasteiger partial charge in [-0.25, -0.2) is 4.39 Å². The van der Waals surface area contributed by atoms with Gasteiger partial charge in [-0.3, -0.25) is 0 Å². The van der Waals surface area contributed by atoms with E-state index >= 15 is 0 Å². The quantitative estimate of drug-likeness (QED) is 0.816. The van der Waals surface area contributed by atoms with E-state index < -0.39 is 5.60 Å². The van der Waals surface area contributed by atoms with Crippen molar-refractivity contribution in [3.63, 3.8) is 0 Å². The smallest absolute Gasteiger partial charge is 0.123 e. The molecule has 0 atom stereocenters. The third-order valence-electron chi connectivity index (χ3n) is 2.64. The van der Waals surface area contributed by atoms with Gasteiger partial charge >= 0.3 is 0 Å². The molecule has 0 saturated heterocycles. The molecule has 0 heterocycles. The third kappa shape index (κ3) is 4.63. The summed E-state index contributed by atoms with van der Waals surface area (Å²) in [4.78, 5) is 1.95. The SMILES string of the molecule is CCNCc1cc(F)ccc1N(C)CC(C)(C)O. The summed E-state index contributed by atoms with van der Waals surface area (Å²) in [7, 11) is 1.90. The first kappa shape index (κ1) is 14.9. The molecule has 0 aliphatic rings. The molecule has 0 radical (unpaired) electrons. The van der Waals surface area contributed by atoms with Crippen LogP contribution >= 0.6 is 0 Å². The molecule has 0 unspecified atom stereocenters. The van der Waals surface area contributed by atoms with E-state index in [1.54, 1.807) is 26.0 Å². The first-order chi connectivity index (χ1) is 8.33. The van der Waals surface area contributed by atoms with Crippen LogP contribution in [-0.4, -0.2) is 30.8 Å². The summed E-state index contributed by atoms with van der Waals surface area (Å²) >= 11 is 0. The minimum absolute atomic E-state index is 0.233. The van der Waals surface area contributed by atoms with Gasteiger partial charge in [0.1, 0.15) is 5.82 Å². The first-order valence-corrected chi connectivity index (χ1v) is 6.26. The predicted molar refractivity (Wildman–Crippen MR) is 73.3 cm³/mol. The van der Waals surface area contributed by atoms with Crippen molar-refractivity contribution >= 4 is 5.69 Å². The summed E-state index contributed by atoms with van der Waals surface area (Å²) in [6, 6.07) is 4.75. The number of hydrogen-bond donors (Lipinski definition) is 2. The van der Waals surface area contributed by atoms with E-state index in [2.05, 4.69) is 5.32 Å². The van der Waals surface area contributed by atoms with Crippen LogP contribution in [0.5, 0.6) is 0 Å². The van der Waals surface area contributed by atoms with Crippen LogP contribution in [-0.2, 0) is 6.54 Å². The Balaban J connectivity index is 2.92. The van der Waals surface area contributed by atoms with Gasteiger partial charge in [-0.2, -0.15) is 0 Å². The molecule has 0 fully saturated rings. The van der Waals surface area contributed by atoms with Crippen LogP contribution in [0.4, 0.5) is 10.1 Å². The first-order valence-electron chi connectivity index (χ1n) is 6.26. The molecule has 0 aliphatic carbocycles. The Morgan fingerprint density at radius 1 is 1.39 bits per heavy atom. The van der Waals surface area contributed by atoms with Crippen molar-refractivity contribution in [2.24, 2.45) is 0 Å². The zero-order valence-electron chi connectivity index (χ0n) is 11.6. The van der Waals surface area contributed by atoms with E-state index in [9.17, 15) is 9.50 Å². The Kier molecular flexibility index (Phi) is 5.11. The van der Waals surface area contributed by atoms with Crippen molar-refractivity contribution < 1.29 is 9.50 Å². The lowest BCUT2D eigenvalue weighted by Crippen LogP contribution is -2.36. The number of likely N-dealkylation sites (N-methyl/N-ethyl adjacent to an activating group) is 1. The lowest BCUT2D eigenvalue weighted by Gasteiger charge is -2.29. The summed E-state index contributed by atoms with van der Waals surface area (Å²) in [6.07, 6.45) is 0. The van der Waals surface area contributed by atoms with E-state index in [0.29, 0.717) is 13.1 Å². The summed E-state index contributed by atoms with van der Waals surface area (Å²) in [5, 5.41) is 13.0. The minimum Gasteiger partial charge on any atom is -0.389 e. The average molecular weight is 254 g/mol. The lowest BCUT2D eigenvalue weighted by molar-refractivity contribution is 0.0886. The van der Waals surface area contributed by atoms with Gasteiger partial charge < -0.3 is 15.3 Å². The van der Waals surface area contributed by atoms with Gasteiger partial charge in [0, 0.05) is 25.8 Å². The Hall–Kier alpha value is -1.13. The largest absolute Gasteiger partial charge is 0.389 e.